The van der Waals surface area contributed by atoms with E-state index in [-0.39, 0.29) is 17.6 Å². The average Bonchev–Trinajstić information content (AvgIpc) is 2.45. The van der Waals surface area contributed by atoms with Crippen LogP contribution in [0.25, 0.3) is 0 Å². The van der Waals surface area contributed by atoms with Crippen molar-refractivity contribution >= 4 is 0 Å². The van der Waals surface area contributed by atoms with Gasteiger partial charge in [0.2, 0.25) is 0 Å². The monoisotopic (exact) mass is 319 g/mol. The van der Waals surface area contributed by atoms with Crippen molar-refractivity contribution in [3.63, 3.8) is 0 Å². The minimum Gasteiger partial charge on any atom is -0.392 e. The Balaban J connectivity index is 2.62. The molecule has 0 heterocycles. The fourth-order valence-corrected chi connectivity index (χ4v) is 3.07. The van der Waals surface area contributed by atoms with Crippen LogP contribution in [0.5, 0.6) is 0 Å². The van der Waals surface area contributed by atoms with Crippen LogP contribution in [0, 0.1) is 11.8 Å². The van der Waals surface area contributed by atoms with E-state index in [0.717, 1.165) is 25.7 Å². The topological polar surface area (TPSA) is 46.2 Å². The summed E-state index contributed by atoms with van der Waals surface area (Å²) in [5.74, 6) is 1.02. The summed E-state index contributed by atoms with van der Waals surface area (Å²) in [6.45, 7) is 13.2. The van der Waals surface area contributed by atoms with Gasteiger partial charge in [0.1, 0.15) is 0 Å². The number of hydrogen-bond donors (Lipinski definition) is 2. The Kier molecular flexibility index (Phi) is 7.76. The average molecular weight is 320 g/mol. The third kappa shape index (κ3) is 7.05. The second-order valence-electron chi connectivity index (χ2n) is 8.52. The van der Waals surface area contributed by atoms with Gasteiger partial charge in [-0.05, 0) is 47.6 Å². The molecular weight excluding hydrogens is 282 g/mol. The van der Waals surface area contributed by atoms with E-state index in [1.54, 1.807) is 0 Å². The minimum absolute atomic E-state index is 0.115. The van der Waals surface area contributed by atoms with Crippen LogP contribution in [0.3, 0.4) is 0 Å². The zero-order valence-electron chi connectivity index (χ0n) is 16.0. The van der Waals surface area contributed by atoms with Gasteiger partial charge in [0.15, 0.2) is 0 Å². The van der Waals surface area contributed by atoms with E-state index >= 15 is 0 Å². The molecule has 1 aromatic rings. The first kappa shape index (κ1) is 20.2. The Bertz CT molecular complexity index is 444. The molecule has 1 rings (SSSR count). The van der Waals surface area contributed by atoms with E-state index in [9.17, 15) is 5.11 Å². The highest BCUT2D eigenvalue weighted by Crippen LogP contribution is 2.24. The molecule has 3 atom stereocenters. The van der Waals surface area contributed by atoms with E-state index in [4.69, 9.17) is 5.73 Å². The van der Waals surface area contributed by atoms with Crippen LogP contribution >= 0.6 is 0 Å². The summed E-state index contributed by atoms with van der Waals surface area (Å²) < 4.78 is 0. The molecule has 0 fully saturated rings. The lowest BCUT2D eigenvalue weighted by molar-refractivity contribution is 0.109. The first-order valence-corrected chi connectivity index (χ1v) is 9.16. The van der Waals surface area contributed by atoms with Gasteiger partial charge in [-0.25, -0.2) is 0 Å². The molecule has 0 aliphatic heterocycles. The van der Waals surface area contributed by atoms with E-state index < -0.39 is 0 Å². The number of aliphatic hydroxyl groups is 1. The van der Waals surface area contributed by atoms with E-state index in [0.29, 0.717) is 11.8 Å². The second-order valence-corrected chi connectivity index (χ2v) is 8.52. The summed E-state index contributed by atoms with van der Waals surface area (Å²) in [5.41, 5.74) is 9.17. The highest BCUT2D eigenvalue weighted by atomic mass is 16.3. The van der Waals surface area contributed by atoms with Crippen molar-refractivity contribution in [3.8, 4) is 0 Å². The second kappa shape index (κ2) is 8.84. The molecule has 3 N–H and O–H groups in total. The highest BCUT2D eigenvalue weighted by Gasteiger charge is 2.20. The van der Waals surface area contributed by atoms with Crippen molar-refractivity contribution in [1.82, 2.24) is 0 Å². The number of benzene rings is 1. The lowest BCUT2D eigenvalue weighted by Gasteiger charge is -2.25. The van der Waals surface area contributed by atoms with Crippen molar-refractivity contribution in [2.45, 2.75) is 84.8 Å². The van der Waals surface area contributed by atoms with Crippen molar-refractivity contribution in [1.29, 1.82) is 0 Å². The summed E-state index contributed by atoms with van der Waals surface area (Å²) in [6, 6.07) is 8.88. The highest BCUT2D eigenvalue weighted by molar-refractivity contribution is 5.27. The van der Waals surface area contributed by atoms with Crippen LogP contribution in [0.15, 0.2) is 24.3 Å². The Morgan fingerprint density at radius 1 is 1.04 bits per heavy atom. The normalized spacial score (nSPS) is 16.4. The van der Waals surface area contributed by atoms with E-state index in [2.05, 4.69) is 65.8 Å². The molecule has 0 radical (unpaired) electrons. The molecule has 132 valence electrons. The van der Waals surface area contributed by atoms with Gasteiger partial charge in [-0.3, -0.25) is 0 Å². The molecule has 0 saturated heterocycles. The molecule has 0 spiro atoms. The van der Waals surface area contributed by atoms with Crippen LogP contribution in [0.4, 0.5) is 0 Å². The molecular formula is C21H37NO. The molecule has 0 saturated carbocycles. The summed E-state index contributed by atoms with van der Waals surface area (Å²) >= 11 is 0. The predicted molar refractivity (Wildman–Crippen MR) is 101 cm³/mol. The maximum Gasteiger partial charge on any atom is 0.0693 e. The molecule has 2 heteroatoms. The number of aliphatic hydroxyl groups excluding tert-OH is 1. The van der Waals surface area contributed by atoms with E-state index in [1.165, 1.54) is 11.1 Å². The summed E-state index contributed by atoms with van der Waals surface area (Å²) in [7, 11) is 0. The van der Waals surface area contributed by atoms with Crippen LogP contribution in [-0.2, 0) is 11.8 Å². The van der Waals surface area contributed by atoms with Crippen LogP contribution in [0.1, 0.15) is 71.9 Å². The van der Waals surface area contributed by atoms with Gasteiger partial charge < -0.3 is 10.8 Å². The molecule has 1 aromatic carbocycles. The quantitative estimate of drug-likeness (QED) is 0.731. The molecule has 2 nitrogen and oxygen atoms in total. The molecule has 0 aromatic heterocycles. The lowest BCUT2D eigenvalue weighted by Crippen LogP contribution is -2.37. The van der Waals surface area contributed by atoms with E-state index in [1.807, 2.05) is 0 Å². The van der Waals surface area contributed by atoms with Gasteiger partial charge >= 0.3 is 0 Å². The molecule has 0 bridgehead atoms. The van der Waals surface area contributed by atoms with Gasteiger partial charge in [0, 0.05) is 6.04 Å². The van der Waals surface area contributed by atoms with Crippen molar-refractivity contribution < 1.29 is 5.11 Å². The molecule has 0 aliphatic carbocycles. The SMILES string of the molecule is CC[C@H](Cc1ccc(C(C)(C)C)cc1)C[C@H](N)[C@@H](O)CC(C)C. The van der Waals surface area contributed by atoms with Gasteiger partial charge in [-0.2, -0.15) is 0 Å². The Morgan fingerprint density at radius 3 is 2.04 bits per heavy atom. The van der Waals surface area contributed by atoms with Gasteiger partial charge in [-0.15, -0.1) is 0 Å². The fourth-order valence-electron chi connectivity index (χ4n) is 3.07. The lowest BCUT2D eigenvalue weighted by atomic mass is 9.84. The number of nitrogens with two attached hydrogens (primary N) is 1. The molecule has 23 heavy (non-hydrogen) atoms. The van der Waals surface area contributed by atoms with Crippen molar-refractivity contribution in [2.24, 2.45) is 17.6 Å². The van der Waals surface area contributed by atoms with Gasteiger partial charge in [0.25, 0.3) is 0 Å². The Labute approximate surface area is 143 Å². The zero-order valence-corrected chi connectivity index (χ0v) is 16.0. The Hall–Kier alpha value is -0.860. The first-order valence-electron chi connectivity index (χ1n) is 9.16. The van der Waals surface area contributed by atoms with Crippen LogP contribution < -0.4 is 5.73 Å². The summed E-state index contributed by atoms with van der Waals surface area (Å²) in [5, 5.41) is 10.2. The van der Waals surface area contributed by atoms with Crippen LogP contribution in [0.2, 0.25) is 0 Å². The number of hydrogen-bond acceptors (Lipinski definition) is 2. The van der Waals surface area contributed by atoms with Gasteiger partial charge in [-0.1, -0.05) is 72.2 Å². The van der Waals surface area contributed by atoms with Crippen molar-refractivity contribution in [2.75, 3.05) is 0 Å². The third-order valence-corrected chi connectivity index (χ3v) is 4.73. The summed E-state index contributed by atoms with van der Waals surface area (Å²) in [4.78, 5) is 0. The minimum atomic E-state index is -0.382. The Morgan fingerprint density at radius 2 is 1.61 bits per heavy atom. The van der Waals surface area contributed by atoms with Gasteiger partial charge in [0.05, 0.1) is 6.10 Å². The standard InChI is InChI=1S/C21H37NO/c1-7-16(14-19(22)20(23)12-15(2)3)13-17-8-10-18(11-9-17)21(4,5)6/h8-11,15-16,19-20,23H,7,12-14,22H2,1-6H3/t16-,19+,20+/m1/s1. The number of rotatable bonds is 8. The maximum absolute atomic E-state index is 10.2. The third-order valence-electron chi connectivity index (χ3n) is 4.73. The predicted octanol–water partition coefficient (Wildman–Crippen LogP) is 4.68. The summed E-state index contributed by atoms with van der Waals surface area (Å²) in [6.07, 6.45) is 3.45. The smallest absolute Gasteiger partial charge is 0.0693 e. The molecule has 0 amide bonds. The largest absolute Gasteiger partial charge is 0.392 e. The fraction of sp³-hybridized carbons (Fsp3) is 0.714. The first-order chi connectivity index (χ1) is 10.6. The zero-order chi connectivity index (χ0) is 17.6. The van der Waals surface area contributed by atoms with Crippen molar-refractivity contribution in [3.05, 3.63) is 35.4 Å². The molecule has 0 unspecified atom stereocenters. The molecule has 0 aliphatic rings. The van der Waals surface area contributed by atoms with Crippen LogP contribution in [-0.4, -0.2) is 17.3 Å². The maximum atomic E-state index is 10.2.